The van der Waals surface area contributed by atoms with E-state index in [9.17, 15) is 5.11 Å². The molecule has 2 nitrogen and oxygen atoms in total. The van der Waals surface area contributed by atoms with Crippen LogP contribution >= 0.6 is 0 Å². The van der Waals surface area contributed by atoms with E-state index >= 15 is 0 Å². The van der Waals surface area contributed by atoms with E-state index in [1.54, 1.807) is 13.2 Å². The summed E-state index contributed by atoms with van der Waals surface area (Å²) in [5, 5.41) is 10.4. The van der Waals surface area contributed by atoms with Gasteiger partial charge < -0.3 is 9.84 Å². The first-order chi connectivity index (χ1) is 5.92. The van der Waals surface area contributed by atoms with Crippen LogP contribution < -0.4 is 0 Å². The van der Waals surface area contributed by atoms with Crippen molar-refractivity contribution in [3.63, 3.8) is 0 Å². The second-order valence-electron chi connectivity index (χ2n) is 4.48. The minimum Gasteiger partial charge on any atom is -0.382 e. The predicted molar refractivity (Wildman–Crippen MR) is 53.5 cm³/mol. The van der Waals surface area contributed by atoms with Crippen LogP contribution in [0.5, 0.6) is 0 Å². The highest BCUT2D eigenvalue weighted by atomic mass is 16.5. The normalized spacial score (nSPS) is 33.8. The monoisotopic (exact) mass is 182 g/mol. The van der Waals surface area contributed by atoms with Crippen molar-refractivity contribution in [2.75, 3.05) is 7.11 Å². The molecule has 0 aromatic rings. The number of methoxy groups -OCH3 is 1. The van der Waals surface area contributed by atoms with E-state index in [0.29, 0.717) is 0 Å². The molecule has 2 unspecified atom stereocenters. The van der Waals surface area contributed by atoms with Crippen molar-refractivity contribution < 1.29 is 9.84 Å². The van der Waals surface area contributed by atoms with Crippen LogP contribution in [0.15, 0.2) is 24.3 Å². The molecule has 0 fully saturated rings. The summed E-state index contributed by atoms with van der Waals surface area (Å²) < 4.78 is 5.25. The van der Waals surface area contributed by atoms with Crippen molar-refractivity contribution in [2.24, 2.45) is 5.41 Å². The molecular weight excluding hydrogens is 164 g/mol. The third-order valence-corrected chi connectivity index (χ3v) is 2.64. The van der Waals surface area contributed by atoms with Gasteiger partial charge in [0.25, 0.3) is 0 Å². The summed E-state index contributed by atoms with van der Waals surface area (Å²) in [6.07, 6.45) is 7.19. The molecule has 1 aliphatic rings. The SMILES string of the molecule is COC1C=CC=CC1(O)C(C)(C)C. The number of allylic oxidation sites excluding steroid dienone is 2. The van der Waals surface area contributed by atoms with Crippen molar-refractivity contribution in [2.45, 2.75) is 32.5 Å². The average Bonchev–Trinajstić information content (AvgIpc) is 2.03. The molecule has 0 radical (unpaired) electrons. The molecule has 0 aliphatic heterocycles. The highest BCUT2D eigenvalue weighted by Gasteiger charge is 2.44. The summed E-state index contributed by atoms with van der Waals surface area (Å²) in [4.78, 5) is 0. The quantitative estimate of drug-likeness (QED) is 0.671. The van der Waals surface area contributed by atoms with E-state index < -0.39 is 5.60 Å². The molecule has 0 heterocycles. The lowest BCUT2D eigenvalue weighted by molar-refractivity contribution is -0.102. The molecule has 0 bridgehead atoms. The smallest absolute Gasteiger partial charge is 0.117 e. The molecule has 0 aromatic heterocycles. The molecule has 0 saturated carbocycles. The molecule has 74 valence electrons. The van der Waals surface area contributed by atoms with E-state index in [0.717, 1.165) is 0 Å². The van der Waals surface area contributed by atoms with Crippen molar-refractivity contribution in [3.8, 4) is 0 Å². The van der Waals surface area contributed by atoms with Gasteiger partial charge in [-0.05, 0) is 11.5 Å². The first kappa shape index (κ1) is 10.5. The Morgan fingerprint density at radius 2 is 1.92 bits per heavy atom. The number of hydrogen-bond donors (Lipinski definition) is 1. The largest absolute Gasteiger partial charge is 0.382 e. The van der Waals surface area contributed by atoms with E-state index in [4.69, 9.17) is 4.74 Å². The molecule has 0 amide bonds. The second kappa shape index (κ2) is 3.28. The molecule has 2 atom stereocenters. The molecule has 2 heteroatoms. The maximum atomic E-state index is 10.4. The Kier molecular flexibility index (Phi) is 2.64. The lowest BCUT2D eigenvalue weighted by Crippen LogP contribution is -2.51. The fourth-order valence-electron chi connectivity index (χ4n) is 1.54. The summed E-state index contributed by atoms with van der Waals surface area (Å²) in [7, 11) is 1.62. The van der Waals surface area contributed by atoms with Crippen LogP contribution in [0.1, 0.15) is 20.8 Å². The summed E-state index contributed by atoms with van der Waals surface area (Å²) in [5.41, 5.74) is -1.13. The molecule has 0 saturated heterocycles. The summed E-state index contributed by atoms with van der Waals surface area (Å²) in [6, 6.07) is 0. The Hall–Kier alpha value is -0.600. The van der Waals surface area contributed by atoms with Gasteiger partial charge in [-0.25, -0.2) is 0 Å². The molecule has 0 aromatic carbocycles. The number of ether oxygens (including phenoxy) is 1. The van der Waals surface area contributed by atoms with Crippen molar-refractivity contribution in [1.29, 1.82) is 0 Å². The zero-order valence-electron chi connectivity index (χ0n) is 8.74. The summed E-state index contributed by atoms with van der Waals surface area (Å²) >= 11 is 0. The standard InChI is InChI=1S/C11H18O2/c1-10(2,3)11(12)8-6-5-7-9(11)13-4/h5-9,12H,1-4H3. The van der Waals surface area contributed by atoms with Gasteiger partial charge in [-0.2, -0.15) is 0 Å². The van der Waals surface area contributed by atoms with Gasteiger partial charge in [0, 0.05) is 7.11 Å². The summed E-state index contributed by atoms with van der Waals surface area (Å²) in [6.45, 7) is 6.01. The van der Waals surface area contributed by atoms with E-state index in [-0.39, 0.29) is 11.5 Å². The Balaban J connectivity index is 3.00. The number of aliphatic hydroxyl groups is 1. The molecule has 13 heavy (non-hydrogen) atoms. The number of hydrogen-bond acceptors (Lipinski definition) is 2. The van der Waals surface area contributed by atoms with Gasteiger partial charge in [-0.3, -0.25) is 0 Å². The Bertz CT molecular complexity index is 235. The van der Waals surface area contributed by atoms with Gasteiger partial charge in [-0.1, -0.05) is 39.0 Å². The Labute approximate surface area is 79.9 Å². The van der Waals surface area contributed by atoms with E-state index in [1.807, 2.05) is 39.0 Å². The van der Waals surface area contributed by atoms with Gasteiger partial charge >= 0.3 is 0 Å². The fraction of sp³-hybridized carbons (Fsp3) is 0.636. The number of rotatable bonds is 1. The maximum Gasteiger partial charge on any atom is 0.117 e. The Morgan fingerprint density at radius 1 is 1.31 bits per heavy atom. The van der Waals surface area contributed by atoms with Crippen molar-refractivity contribution >= 4 is 0 Å². The van der Waals surface area contributed by atoms with Crippen molar-refractivity contribution in [3.05, 3.63) is 24.3 Å². The highest BCUT2D eigenvalue weighted by molar-refractivity contribution is 5.25. The lowest BCUT2D eigenvalue weighted by Gasteiger charge is -2.43. The van der Waals surface area contributed by atoms with Crippen LogP contribution in [0.25, 0.3) is 0 Å². The topological polar surface area (TPSA) is 29.5 Å². The molecule has 1 aliphatic carbocycles. The minimum absolute atomic E-state index is 0.227. The van der Waals surface area contributed by atoms with Gasteiger partial charge in [-0.15, -0.1) is 0 Å². The van der Waals surface area contributed by atoms with Crippen LogP contribution in [0.2, 0.25) is 0 Å². The molecule has 1 rings (SSSR count). The maximum absolute atomic E-state index is 10.4. The van der Waals surface area contributed by atoms with E-state index in [1.165, 1.54) is 0 Å². The van der Waals surface area contributed by atoms with E-state index in [2.05, 4.69) is 0 Å². The second-order valence-corrected chi connectivity index (χ2v) is 4.48. The third-order valence-electron chi connectivity index (χ3n) is 2.64. The predicted octanol–water partition coefficient (Wildman–Crippen LogP) is 1.90. The van der Waals surface area contributed by atoms with Gasteiger partial charge in [0.15, 0.2) is 0 Å². The lowest BCUT2D eigenvalue weighted by atomic mass is 9.71. The molecular formula is C11H18O2. The van der Waals surface area contributed by atoms with Crippen molar-refractivity contribution in [1.82, 2.24) is 0 Å². The summed E-state index contributed by atoms with van der Waals surface area (Å²) in [5.74, 6) is 0. The van der Waals surface area contributed by atoms with Crippen LogP contribution in [0.4, 0.5) is 0 Å². The highest BCUT2D eigenvalue weighted by Crippen LogP contribution is 2.37. The fourth-order valence-corrected chi connectivity index (χ4v) is 1.54. The first-order valence-corrected chi connectivity index (χ1v) is 4.53. The van der Waals surface area contributed by atoms with Gasteiger partial charge in [0.1, 0.15) is 11.7 Å². The molecule has 1 N–H and O–H groups in total. The zero-order valence-corrected chi connectivity index (χ0v) is 8.74. The van der Waals surface area contributed by atoms with Gasteiger partial charge in [0.2, 0.25) is 0 Å². The van der Waals surface area contributed by atoms with Crippen LogP contribution in [0, 0.1) is 5.41 Å². The minimum atomic E-state index is -0.906. The third kappa shape index (κ3) is 1.69. The molecule has 0 spiro atoms. The first-order valence-electron chi connectivity index (χ1n) is 4.53. The zero-order chi connectivity index (χ0) is 10.1. The average molecular weight is 182 g/mol. The Morgan fingerprint density at radius 3 is 2.31 bits per heavy atom. The van der Waals surface area contributed by atoms with Crippen LogP contribution in [-0.4, -0.2) is 23.9 Å². The van der Waals surface area contributed by atoms with Crippen LogP contribution in [-0.2, 0) is 4.74 Å². The van der Waals surface area contributed by atoms with Crippen LogP contribution in [0.3, 0.4) is 0 Å². The van der Waals surface area contributed by atoms with Gasteiger partial charge in [0.05, 0.1) is 0 Å².